The fraction of sp³-hybridized carbons (Fsp3) is 0.462. The zero-order valence-electron chi connectivity index (χ0n) is 11.2. The van der Waals surface area contributed by atoms with Crippen LogP contribution in [0.4, 0.5) is 5.69 Å². The van der Waals surface area contributed by atoms with Crippen molar-refractivity contribution in [1.29, 1.82) is 0 Å². The van der Waals surface area contributed by atoms with E-state index in [0.29, 0.717) is 17.9 Å². The highest BCUT2D eigenvalue weighted by molar-refractivity contribution is 7.91. The van der Waals surface area contributed by atoms with Crippen LogP contribution in [-0.4, -0.2) is 38.6 Å². The number of hydrogen-bond acceptors (Lipinski definition) is 6. The second-order valence-electron chi connectivity index (χ2n) is 4.62. The fourth-order valence-electron chi connectivity index (χ4n) is 2.05. The molecule has 20 heavy (non-hydrogen) atoms. The van der Waals surface area contributed by atoms with Gasteiger partial charge in [0.15, 0.2) is 9.84 Å². The molecule has 1 fully saturated rings. The molecule has 1 aliphatic rings. The van der Waals surface area contributed by atoms with E-state index in [2.05, 4.69) is 0 Å². The van der Waals surface area contributed by atoms with E-state index in [1.54, 1.807) is 19.1 Å². The molecule has 0 aliphatic carbocycles. The van der Waals surface area contributed by atoms with E-state index in [9.17, 15) is 13.2 Å². The molecule has 1 heterocycles. The van der Waals surface area contributed by atoms with Crippen LogP contribution in [0.5, 0.6) is 5.75 Å². The Balaban J connectivity index is 2.21. The van der Waals surface area contributed by atoms with Crippen LogP contribution in [0.25, 0.3) is 0 Å². The van der Waals surface area contributed by atoms with Gasteiger partial charge in [-0.25, -0.2) is 13.2 Å². The van der Waals surface area contributed by atoms with E-state index < -0.39 is 21.9 Å². The van der Waals surface area contributed by atoms with Gasteiger partial charge in [-0.1, -0.05) is 0 Å². The van der Waals surface area contributed by atoms with Crippen molar-refractivity contribution in [2.45, 2.75) is 19.4 Å². The molecule has 0 radical (unpaired) electrons. The molecule has 110 valence electrons. The Morgan fingerprint density at radius 2 is 2.20 bits per heavy atom. The number of carbonyl (C=O) groups is 1. The minimum absolute atomic E-state index is 0.0281. The Labute approximate surface area is 117 Å². The van der Waals surface area contributed by atoms with Crippen LogP contribution >= 0.6 is 0 Å². The van der Waals surface area contributed by atoms with Gasteiger partial charge in [-0.15, -0.1) is 0 Å². The summed E-state index contributed by atoms with van der Waals surface area (Å²) in [6.45, 7) is 1.94. The average molecular weight is 299 g/mol. The summed E-state index contributed by atoms with van der Waals surface area (Å²) >= 11 is 0. The fourth-order valence-corrected chi connectivity index (χ4v) is 3.64. The quantitative estimate of drug-likeness (QED) is 0.658. The highest BCUT2D eigenvalue weighted by atomic mass is 32.2. The van der Waals surface area contributed by atoms with Crippen molar-refractivity contribution < 1.29 is 22.7 Å². The number of rotatable bonds is 4. The Hall–Kier alpha value is -1.76. The van der Waals surface area contributed by atoms with Gasteiger partial charge in [0.25, 0.3) is 0 Å². The summed E-state index contributed by atoms with van der Waals surface area (Å²) in [6.07, 6.45) is -0.00795. The molecule has 1 atom stereocenters. The second kappa shape index (κ2) is 5.70. The first kappa shape index (κ1) is 14.6. The molecule has 1 unspecified atom stereocenters. The number of ether oxygens (including phenoxy) is 2. The number of hydrogen-bond donors (Lipinski definition) is 1. The number of anilines is 1. The lowest BCUT2D eigenvalue weighted by molar-refractivity contribution is 0.0520. The highest BCUT2D eigenvalue weighted by Crippen LogP contribution is 2.26. The lowest BCUT2D eigenvalue weighted by Gasteiger charge is -2.15. The first-order valence-corrected chi connectivity index (χ1v) is 8.17. The van der Waals surface area contributed by atoms with Crippen LogP contribution in [0.3, 0.4) is 0 Å². The van der Waals surface area contributed by atoms with E-state index in [-0.39, 0.29) is 23.7 Å². The summed E-state index contributed by atoms with van der Waals surface area (Å²) in [5.74, 6) is -0.142. The summed E-state index contributed by atoms with van der Waals surface area (Å²) in [5, 5.41) is 0. The van der Waals surface area contributed by atoms with Crippen LogP contribution in [-0.2, 0) is 14.6 Å². The molecule has 0 aromatic heterocycles. The normalized spacial score (nSPS) is 20.6. The third kappa shape index (κ3) is 3.41. The molecule has 6 nitrogen and oxygen atoms in total. The number of nitrogens with two attached hydrogens (primary N) is 1. The van der Waals surface area contributed by atoms with Gasteiger partial charge in [0.2, 0.25) is 0 Å². The maximum absolute atomic E-state index is 11.8. The Kier molecular flexibility index (Phi) is 4.17. The Morgan fingerprint density at radius 1 is 1.45 bits per heavy atom. The summed E-state index contributed by atoms with van der Waals surface area (Å²) in [4.78, 5) is 11.8. The van der Waals surface area contributed by atoms with E-state index >= 15 is 0 Å². The molecule has 0 saturated carbocycles. The zero-order valence-corrected chi connectivity index (χ0v) is 12.0. The van der Waals surface area contributed by atoms with E-state index in [0.717, 1.165) is 0 Å². The summed E-state index contributed by atoms with van der Waals surface area (Å²) in [5.41, 5.74) is 6.29. The predicted octanol–water partition coefficient (Wildman–Crippen LogP) is 1.01. The SMILES string of the molecule is CCOC(=O)c1cc(N)ccc1OC1CCS(=O)(=O)C1. The molecular weight excluding hydrogens is 282 g/mol. The minimum atomic E-state index is -3.03. The molecule has 1 saturated heterocycles. The first-order chi connectivity index (χ1) is 9.41. The maximum Gasteiger partial charge on any atom is 0.341 e. The molecule has 1 aromatic carbocycles. The van der Waals surface area contributed by atoms with Crippen molar-refractivity contribution >= 4 is 21.5 Å². The summed E-state index contributed by atoms with van der Waals surface area (Å²) < 4.78 is 33.4. The van der Waals surface area contributed by atoms with Gasteiger partial charge in [0, 0.05) is 5.69 Å². The van der Waals surface area contributed by atoms with Gasteiger partial charge in [-0.2, -0.15) is 0 Å². The standard InChI is InChI=1S/C13H17NO5S/c1-2-18-13(15)11-7-9(14)3-4-12(11)19-10-5-6-20(16,17)8-10/h3-4,7,10H,2,5-6,8,14H2,1H3. The predicted molar refractivity (Wildman–Crippen MR) is 74.5 cm³/mol. The van der Waals surface area contributed by atoms with E-state index in [1.807, 2.05) is 0 Å². The third-order valence-electron chi connectivity index (χ3n) is 2.98. The van der Waals surface area contributed by atoms with Crippen molar-refractivity contribution in [2.24, 2.45) is 0 Å². The molecule has 0 spiro atoms. The lowest BCUT2D eigenvalue weighted by atomic mass is 10.1. The molecule has 2 N–H and O–H groups in total. The zero-order chi connectivity index (χ0) is 14.8. The van der Waals surface area contributed by atoms with Crippen molar-refractivity contribution in [3.05, 3.63) is 23.8 Å². The van der Waals surface area contributed by atoms with Gasteiger partial charge >= 0.3 is 5.97 Å². The topological polar surface area (TPSA) is 95.7 Å². The average Bonchev–Trinajstić information content (AvgIpc) is 2.71. The molecule has 0 amide bonds. The molecule has 0 bridgehead atoms. The van der Waals surface area contributed by atoms with Crippen LogP contribution in [0.1, 0.15) is 23.7 Å². The van der Waals surface area contributed by atoms with Crippen LogP contribution in [0, 0.1) is 0 Å². The third-order valence-corrected chi connectivity index (χ3v) is 4.72. The van der Waals surface area contributed by atoms with Gasteiger partial charge in [0.1, 0.15) is 17.4 Å². The van der Waals surface area contributed by atoms with Gasteiger partial charge in [-0.3, -0.25) is 0 Å². The number of nitrogen functional groups attached to an aromatic ring is 1. The number of sulfone groups is 1. The highest BCUT2D eigenvalue weighted by Gasteiger charge is 2.30. The van der Waals surface area contributed by atoms with Crippen LogP contribution in [0.2, 0.25) is 0 Å². The van der Waals surface area contributed by atoms with Crippen molar-refractivity contribution in [3.63, 3.8) is 0 Å². The van der Waals surface area contributed by atoms with Crippen LogP contribution < -0.4 is 10.5 Å². The molecule has 7 heteroatoms. The molecular formula is C13H17NO5S. The van der Waals surface area contributed by atoms with Crippen molar-refractivity contribution in [1.82, 2.24) is 0 Å². The van der Waals surface area contributed by atoms with Gasteiger partial charge in [0.05, 0.1) is 18.1 Å². The monoisotopic (exact) mass is 299 g/mol. The minimum Gasteiger partial charge on any atom is -0.488 e. The van der Waals surface area contributed by atoms with Crippen molar-refractivity contribution in [3.8, 4) is 5.75 Å². The smallest absolute Gasteiger partial charge is 0.341 e. The number of benzene rings is 1. The van der Waals surface area contributed by atoms with E-state index in [1.165, 1.54) is 6.07 Å². The Bertz CT molecular complexity index is 611. The lowest BCUT2D eigenvalue weighted by Crippen LogP contribution is -2.19. The first-order valence-electron chi connectivity index (χ1n) is 6.35. The van der Waals surface area contributed by atoms with Gasteiger partial charge in [-0.05, 0) is 31.5 Å². The number of carbonyl (C=O) groups excluding carboxylic acids is 1. The summed E-state index contributed by atoms with van der Waals surface area (Å²) in [6, 6.07) is 4.63. The largest absolute Gasteiger partial charge is 0.488 e. The molecule has 2 rings (SSSR count). The maximum atomic E-state index is 11.8. The summed E-state index contributed by atoms with van der Waals surface area (Å²) in [7, 11) is -3.03. The second-order valence-corrected chi connectivity index (χ2v) is 6.85. The Morgan fingerprint density at radius 3 is 2.80 bits per heavy atom. The number of esters is 1. The van der Waals surface area contributed by atoms with Crippen LogP contribution in [0.15, 0.2) is 18.2 Å². The van der Waals surface area contributed by atoms with Gasteiger partial charge < -0.3 is 15.2 Å². The van der Waals surface area contributed by atoms with Crippen molar-refractivity contribution in [2.75, 3.05) is 23.8 Å². The molecule has 1 aliphatic heterocycles. The molecule has 1 aromatic rings. The van der Waals surface area contributed by atoms with E-state index in [4.69, 9.17) is 15.2 Å².